The molecule has 0 aliphatic rings. The van der Waals surface area contributed by atoms with Crippen molar-refractivity contribution in [3.05, 3.63) is 35.5 Å². The Morgan fingerprint density at radius 1 is 1.46 bits per heavy atom. The van der Waals surface area contributed by atoms with Gasteiger partial charge in [-0.05, 0) is 32.1 Å². The zero-order valence-electron chi connectivity index (χ0n) is 7.74. The van der Waals surface area contributed by atoms with Gasteiger partial charge in [-0.3, -0.25) is 4.79 Å². The molecule has 0 spiro atoms. The second-order valence-corrected chi connectivity index (χ2v) is 3.03. The van der Waals surface area contributed by atoms with Gasteiger partial charge < -0.3 is 5.73 Å². The Bertz CT molecular complexity index is 352. The van der Waals surface area contributed by atoms with E-state index in [1.54, 1.807) is 24.3 Å². The number of nitrogens with zero attached hydrogens (tertiary/aromatic N) is 1. The number of carbonyl (C=O) groups is 1. The summed E-state index contributed by atoms with van der Waals surface area (Å²) in [5.41, 5.74) is 6.79. The predicted molar refractivity (Wildman–Crippen MR) is 52.4 cm³/mol. The Morgan fingerprint density at radius 2 is 2.15 bits per heavy atom. The lowest BCUT2D eigenvalue weighted by Gasteiger charge is -1.96. The maximum atomic E-state index is 11.4. The Labute approximate surface area is 77.3 Å². The third-order valence-corrected chi connectivity index (χ3v) is 1.44. The molecule has 0 saturated carbocycles. The Balaban J connectivity index is 2.96. The Kier molecular flexibility index (Phi) is 2.80. The van der Waals surface area contributed by atoms with Crippen molar-refractivity contribution in [1.82, 2.24) is 4.98 Å². The van der Waals surface area contributed by atoms with E-state index in [-0.39, 0.29) is 5.78 Å². The van der Waals surface area contributed by atoms with Gasteiger partial charge in [0, 0.05) is 0 Å². The van der Waals surface area contributed by atoms with Crippen LogP contribution in [0, 0.1) is 0 Å². The number of nitrogens with two attached hydrogens (primary N) is 1. The Hall–Kier alpha value is -1.64. The minimum absolute atomic E-state index is 0.104. The van der Waals surface area contributed by atoms with Gasteiger partial charge in [-0.1, -0.05) is 11.6 Å². The smallest absolute Gasteiger partial charge is 0.204 e. The van der Waals surface area contributed by atoms with Crippen LogP contribution in [0.3, 0.4) is 0 Å². The van der Waals surface area contributed by atoms with Crippen LogP contribution in [-0.4, -0.2) is 10.8 Å². The predicted octanol–water partition coefficient (Wildman–Crippen LogP) is 1.81. The molecule has 1 aromatic rings. The summed E-state index contributed by atoms with van der Waals surface area (Å²) in [5, 5.41) is 0. The van der Waals surface area contributed by atoms with Gasteiger partial charge in [0.25, 0.3) is 0 Å². The molecule has 3 nitrogen and oxygen atoms in total. The number of hydrogen-bond acceptors (Lipinski definition) is 3. The highest BCUT2D eigenvalue weighted by Crippen LogP contribution is 2.03. The van der Waals surface area contributed by atoms with Crippen molar-refractivity contribution >= 4 is 11.6 Å². The molecule has 1 rings (SSSR count). The molecule has 0 unspecified atom stereocenters. The number of ketones is 1. The first-order chi connectivity index (χ1) is 6.09. The van der Waals surface area contributed by atoms with Crippen LogP contribution in [0.2, 0.25) is 0 Å². The molecule has 0 radical (unpaired) electrons. The maximum absolute atomic E-state index is 11.4. The van der Waals surface area contributed by atoms with Gasteiger partial charge >= 0.3 is 0 Å². The maximum Gasteiger partial charge on any atom is 0.204 e. The molecule has 1 heterocycles. The molecule has 0 aromatic carbocycles. The average Bonchev–Trinajstić information content (AvgIpc) is 2.03. The molecule has 0 fully saturated rings. The van der Waals surface area contributed by atoms with Crippen LogP contribution < -0.4 is 5.73 Å². The normalized spacial score (nSPS) is 9.38. The molecule has 0 amide bonds. The van der Waals surface area contributed by atoms with Crippen LogP contribution in [-0.2, 0) is 0 Å². The van der Waals surface area contributed by atoms with E-state index in [0.717, 1.165) is 5.57 Å². The summed E-state index contributed by atoms with van der Waals surface area (Å²) >= 11 is 0. The summed E-state index contributed by atoms with van der Waals surface area (Å²) in [7, 11) is 0. The summed E-state index contributed by atoms with van der Waals surface area (Å²) in [6.45, 7) is 3.73. The highest BCUT2D eigenvalue weighted by molar-refractivity contribution is 6.03. The molecular formula is C10H12N2O. The second kappa shape index (κ2) is 3.85. The van der Waals surface area contributed by atoms with E-state index >= 15 is 0 Å². The zero-order chi connectivity index (χ0) is 9.84. The third kappa shape index (κ3) is 2.71. The molecule has 2 N–H and O–H groups in total. The lowest BCUT2D eigenvalue weighted by molar-refractivity contribution is 0.104. The van der Waals surface area contributed by atoms with Gasteiger partial charge in [-0.2, -0.15) is 0 Å². The van der Waals surface area contributed by atoms with E-state index in [1.807, 2.05) is 13.8 Å². The highest BCUT2D eigenvalue weighted by atomic mass is 16.1. The third-order valence-electron chi connectivity index (χ3n) is 1.44. The first kappa shape index (κ1) is 9.45. The average molecular weight is 176 g/mol. The van der Waals surface area contributed by atoms with Gasteiger partial charge in [-0.25, -0.2) is 4.98 Å². The van der Waals surface area contributed by atoms with Crippen LogP contribution in [0.15, 0.2) is 29.8 Å². The van der Waals surface area contributed by atoms with Gasteiger partial charge in [0.15, 0.2) is 0 Å². The fourth-order valence-corrected chi connectivity index (χ4v) is 0.925. The van der Waals surface area contributed by atoms with Crippen molar-refractivity contribution in [2.45, 2.75) is 13.8 Å². The lowest BCUT2D eigenvalue weighted by Crippen LogP contribution is -2.01. The number of allylic oxidation sites excluding steroid dienone is 2. The number of rotatable bonds is 2. The minimum Gasteiger partial charge on any atom is -0.384 e. The van der Waals surface area contributed by atoms with Crippen molar-refractivity contribution in [2.75, 3.05) is 5.73 Å². The first-order valence-electron chi connectivity index (χ1n) is 4.01. The molecule has 0 atom stereocenters. The molecule has 13 heavy (non-hydrogen) atoms. The van der Waals surface area contributed by atoms with E-state index in [0.29, 0.717) is 11.5 Å². The van der Waals surface area contributed by atoms with Gasteiger partial charge in [0.05, 0.1) is 0 Å². The summed E-state index contributed by atoms with van der Waals surface area (Å²) in [4.78, 5) is 15.3. The number of nitrogen functional groups attached to an aromatic ring is 1. The van der Waals surface area contributed by atoms with E-state index in [9.17, 15) is 4.79 Å². The van der Waals surface area contributed by atoms with Gasteiger partial charge in [-0.15, -0.1) is 0 Å². The highest BCUT2D eigenvalue weighted by Gasteiger charge is 2.03. The van der Waals surface area contributed by atoms with Crippen LogP contribution in [0.1, 0.15) is 24.3 Å². The molecule has 0 bridgehead atoms. The van der Waals surface area contributed by atoms with Crippen molar-refractivity contribution < 1.29 is 4.79 Å². The fraction of sp³-hybridized carbons (Fsp3) is 0.200. The molecule has 0 aliphatic heterocycles. The van der Waals surface area contributed by atoms with Gasteiger partial charge in [0.2, 0.25) is 5.78 Å². The lowest BCUT2D eigenvalue weighted by atomic mass is 10.2. The molecule has 0 saturated heterocycles. The van der Waals surface area contributed by atoms with Crippen molar-refractivity contribution in [2.24, 2.45) is 0 Å². The second-order valence-electron chi connectivity index (χ2n) is 3.03. The van der Waals surface area contributed by atoms with E-state index in [1.165, 1.54) is 0 Å². The van der Waals surface area contributed by atoms with Gasteiger partial charge in [0.1, 0.15) is 11.5 Å². The van der Waals surface area contributed by atoms with E-state index in [2.05, 4.69) is 4.98 Å². The monoisotopic (exact) mass is 176 g/mol. The molecule has 3 heteroatoms. The summed E-state index contributed by atoms with van der Waals surface area (Å²) in [5.74, 6) is 0.264. The fourth-order valence-electron chi connectivity index (χ4n) is 0.925. The van der Waals surface area contributed by atoms with Crippen LogP contribution >= 0.6 is 0 Å². The van der Waals surface area contributed by atoms with E-state index < -0.39 is 0 Å². The largest absolute Gasteiger partial charge is 0.384 e. The van der Waals surface area contributed by atoms with Crippen LogP contribution in [0.4, 0.5) is 5.82 Å². The van der Waals surface area contributed by atoms with Crippen molar-refractivity contribution in [3.63, 3.8) is 0 Å². The van der Waals surface area contributed by atoms with E-state index in [4.69, 9.17) is 5.73 Å². The molecule has 68 valence electrons. The van der Waals surface area contributed by atoms with Crippen molar-refractivity contribution in [1.29, 1.82) is 0 Å². The number of pyridine rings is 1. The summed E-state index contributed by atoms with van der Waals surface area (Å²) in [6.07, 6.45) is 1.54. The number of carbonyl (C=O) groups excluding carboxylic acids is 1. The summed E-state index contributed by atoms with van der Waals surface area (Å²) in [6, 6.07) is 5.02. The first-order valence-corrected chi connectivity index (χ1v) is 4.01. The van der Waals surface area contributed by atoms with Crippen molar-refractivity contribution in [3.8, 4) is 0 Å². The molecule has 0 aliphatic carbocycles. The van der Waals surface area contributed by atoms with Crippen LogP contribution in [0.5, 0.6) is 0 Å². The Morgan fingerprint density at radius 3 is 2.69 bits per heavy atom. The van der Waals surface area contributed by atoms with Crippen LogP contribution in [0.25, 0.3) is 0 Å². The summed E-state index contributed by atoms with van der Waals surface area (Å²) < 4.78 is 0. The number of anilines is 1. The number of aromatic nitrogens is 1. The SMILES string of the molecule is CC(C)=CC(=O)c1cccc(N)n1. The molecular weight excluding hydrogens is 164 g/mol. The topological polar surface area (TPSA) is 56.0 Å². The number of hydrogen-bond donors (Lipinski definition) is 1. The minimum atomic E-state index is -0.104. The molecule has 1 aromatic heterocycles. The standard InChI is InChI=1S/C10H12N2O/c1-7(2)6-9(13)8-4-3-5-10(11)12-8/h3-6H,1-2H3,(H2,11,12). The quantitative estimate of drug-likeness (QED) is 0.552. The zero-order valence-corrected chi connectivity index (χ0v) is 7.74.